The van der Waals surface area contributed by atoms with Crippen LogP contribution in [0.1, 0.15) is 47.3 Å². The van der Waals surface area contributed by atoms with Crippen molar-refractivity contribution in [2.45, 2.75) is 53.1 Å². The van der Waals surface area contributed by atoms with Crippen molar-refractivity contribution in [1.29, 1.82) is 0 Å². The lowest BCUT2D eigenvalue weighted by molar-refractivity contribution is 0.0698. The number of hydrogen-bond donors (Lipinski definition) is 2. The van der Waals surface area contributed by atoms with Crippen LogP contribution < -0.4 is 15.1 Å². The monoisotopic (exact) mass is 530 g/mol. The number of nitrogens with zero attached hydrogens (tertiary/aromatic N) is 5. The third-order valence-electron chi connectivity index (χ3n) is 7.98. The van der Waals surface area contributed by atoms with Crippen molar-refractivity contribution >= 4 is 23.1 Å². The Morgan fingerprint density at radius 2 is 1.74 bits per heavy atom. The van der Waals surface area contributed by atoms with E-state index in [1.807, 2.05) is 42.2 Å². The van der Waals surface area contributed by atoms with E-state index in [4.69, 9.17) is 0 Å². The number of amides is 1. The number of piperazine rings is 1. The first-order valence-electron chi connectivity index (χ1n) is 13.6. The van der Waals surface area contributed by atoms with Gasteiger partial charge in [-0.05, 0) is 74.6 Å². The molecule has 1 aromatic heterocycles. The second-order valence-electron chi connectivity index (χ2n) is 10.5. The van der Waals surface area contributed by atoms with Gasteiger partial charge in [0.05, 0.1) is 12.6 Å². The molecule has 1 amide bonds. The minimum absolute atomic E-state index is 0. The summed E-state index contributed by atoms with van der Waals surface area (Å²) < 4.78 is 0. The van der Waals surface area contributed by atoms with Crippen molar-refractivity contribution in [3.05, 3.63) is 77.0 Å². The molecule has 208 valence electrons. The topological polar surface area (TPSA) is 84.8 Å². The first-order valence-corrected chi connectivity index (χ1v) is 13.6. The average molecular weight is 531 g/mol. The third kappa shape index (κ3) is 6.01. The zero-order valence-corrected chi connectivity index (χ0v) is 22.6. The van der Waals surface area contributed by atoms with Crippen LogP contribution in [0.25, 0.3) is 0 Å². The molecule has 0 bridgehead atoms. The number of aryl methyl sites for hydroxylation is 2. The fourth-order valence-corrected chi connectivity index (χ4v) is 5.97. The van der Waals surface area contributed by atoms with Crippen LogP contribution in [0.5, 0.6) is 0 Å². The lowest BCUT2D eigenvalue weighted by Gasteiger charge is -2.42. The zero-order valence-electron chi connectivity index (χ0n) is 22.6. The number of aromatic nitrogens is 2. The number of anilines is 3. The van der Waals surface area contributed by atoms with E-state index < -0.39 is 0 Å². The summed E-state index contributed by atoms with van der Waals surface area (Å²) in [6.07, 6.45) is 3.69. The van der Waals surface area contributed by atoms with Crippen LogP contribution in [-0.2, 0) is 0 Å². The van der Waals surface area contributed by atoms with Gasteiger partial charge in [0.25, 0.3) is 5.91 Å². The largest absolute Gasteiger partial charge is 0.394 e. The van der Waals surface area contributed by atoms with Gasteiger partial charge in [0.1, 0.15) is 0 Å². The van der Waals surface area contributed by atoms with E-state index in [0.29, 0.717) is 25.7 Å². The third-order valence-corrected chi connectivity index (χ3v) is 7.98. The molecule has 0 saturated carbocycles. The van der Waals surface area contributed by atoms with Crippen LogP contribution in [0.15, 0.2) is 54.7 Å². The fourth-order valence-electron chi connectivity index (χ4n) is 5.97. The molecular formula is C31H42N6O2. The smallest absolute Gasteiger partial charge is 0.254 e. The number of para-hydroxylation sites is 1. The first kappa shape index (κ1) is 28.4. The highest BCUT2D eigenvalue weighted by Gasteiger charge is 2.32. The highest BCUT2D eigenvalue weighted by Crippen LogP contribution is 2.31. The van der Waals surface area contributed by atoms with E-state index in [-0.39, 0.29) is 26.0 Å². The van der Waals surface area contributed by atoms with Crippen molar-refractivity contribution in [2.75, 3.05) is 54.4 Å². The fraction of sp³-hybridized carbons (Fsp3) is 0.452. The Balaban J connectivity index is 0.00000353. The molecule has 39 heavy (non-hydrogen) atoms. The lowest BCUT2D eigenvalue weighted by atomic mass is 9.94. The van der Waals surface area contributed by atoms with E-state index in [0.717, 1.165) is 65.4 Å². The van der Waals surface area contributed by atoms with E-state index in [1.165, 1.54) is 0 Å². The maximum atomic E-state index is 13.9. The molecule has 3 heterocycles. The summed E-state index contributed by atoms with van der Waals surface area (Å²) >= 11 is 0. The van der Waals surface area contributed by atoms with Crippen molar-refractivity contribution in [1.82, 2.24) is 15.1 Å². The Labute approximate surface area is 232 Å². The number of nitrogens with one attached hydrogen (secondary N) is 1. The van der Waals surface area contributed by atoms with Crippen molar-refractivity contribution in [3.63, 3.8) is 0 Å². The Bertz CT molecular complexity index is 1240. The molecule has 8 heteroatoms. The van der Waals surface area contributed by atoms with Crippen LogP contribution in [0.2, 0.25) is 0 Å². The number of hydrogen-bond acceptors (Lipinski definition) is 7. The maximum absolute atomic E-state index is 13.9. The summed E-state index contributed by atoms with van der Waals surface area (Å²) in [6, 6.07) is 16.4. The summed E-state index contributed by atoms with van der Waals surface area (Å²) in [4.78, 5) is 20.3. The predicted molar refractivity (Wildman–Crippen MR) is 159 cm³/mol. The number of piperidine rings is 1. The summed E-state index contributed by atoms with van der Waals surface area (Å²) in [5.74, 6) is 0.974. The molecule has 0 radical (unpaired) electrons. The van der Waals surface area contributed by atoms with E-state index in [2.05, 4.69) is 57.4 Å². The molecule has 5 rings (SSSR count). The van der Waals surface area contributed by atoms with Crippen LogP contribution in [0.3, 0.4) is 0 Å². The van der Waals surface area contributed by atoms with Crippen molar-refractivity contribution < 1.29 is 9.90 Å². The van der Waals surface area contributed by atoms with Gasteiger partial charge in [-0.1, -0.05) is 31.7 Å². The summed E-state index contributed by atoms with van der Waals surface area (Å²) in [6.45, 7) is 9.87. The molecule has 2 aromatic carbocycles. The summed E-state index contributed by atoms with van der Waals surface area (Å²) in [5.41, 5.74) is 6.10. The number of aliphatic hydroxyl groups excluding tert-OH is 1. The number of rotatable bonds is 6. The molecule has 1 atom stereocenters. The number of aliphatic hydroxyl groups is 1. The van der Waals surface area contributed by atoms with E-state index >= 15 is 0 Å². The van der Waals surface area contributed by atoms with Gasteiger partial charge in [-0.3, -0.25) is 4.79 Å². The average Bonchev–Trinajstić information content (AvgIpc) is 2.96. The van der Waals surface area contributed by atoms with Gasteiger partial charge in [0, 0.05) is 61.9 Å². The molecule has 0 unspecified atom stereocenters. The molecule has 0 aliphatic carbocycles. The number of carbonyl (C=O) groups is 1. The molecule has 2 aliphatic rings. The van der Waals surface area contributed by atoms with Crippen LogP contribution in [-0.4, -0.2) is 77.5 Å². The molecule has 3 aromatic rings. The normalized spacial score (nSPS) is 18.1. The van der Waals surface area contributed by atoms with Crippen molar-refractivity contribution in [3.8, 4) is 0 Å². The molecule has 2 saturated heterocycles. The SMILES string of the molecule is C.Cc1cc(C)c(C(=O)N2CCN(c3ccccc3)[C@H](CO)C2)c(C)c1NC1CCN(c2cccnn2)CC1. The van der Waals surface area contributed by atoms with Crippen LogP contribution >= 0.6 is 0 Å². The Kier molecular flexibility index (Phi) is 9.07. The summed E-state index contributed by atoms with van der Waals surface area (Å²) in [5, 5.41) is 22.2. The minimum Gasteiger partial charge on any atom is -0.394 e. The highest BCUT2D eigenvalue weighted by atomic mass is 16.3. The number of carbonyl (C=O) groups excluding carboxylic acids is 1. The first-order chi connectivity index (χ1) is 18.5. The predicted octanol–water partition coefficient (Wildman–Crippen LogP) is 4.44. The van der Waals surface area contributed by atoms with Gasteiger partial charge in [-0.25, -0.2) is 0 Å². The molecule has 2 fully saturated rings. The second-order valence-corrected chi connectivity index (χ2v) is 10.5. The van der Waals surface area contributed by atoms with Gasteiger partial charge < -0.3 is 25.1 Å². The second kappa shape index (κ2) is 12.5. The molecule has 2 N–H and O–H groups in total. The van der Waals surface area contributed by atoms with Crippen LogP contribution in [0.4, 0.5) is 17.2 Å². The van der Waals surface area contributed by atoms with Crippen LogP contribution in [0, 0.1) is 20.8 Å². The Morgan fingerprint density at radius 3 is 2.41 bits per heavy atom. The highest BCUT2D eigenvalue weighted by molar-refractivity contribution is 5.99. The maximum Gasteiger partial charge on any atom is 0.254 e. The van der Waals surface area contributed by atoms with E-state index in [1.54, 1.807) is 6.20 Å². The van der Waals surface area contributed by atoms with Gasteiger partial charge in [0.2, 0.25) is 0 Å². The molecule has 8 nitrogen and oxygen atoms in total. The van der Waals surface area contributed by atoms with Gasteiger partial charge in [-0.2, -0.15) is 5.10 Å². The van der Waals surface area contributed by atoms with Gasteiger partial charge in [-0.15, -0.1) is 5.10 Å². The number of benzene rings is 2. The Morgan fingerprint density at radius 1 is 1.00 bits per heavy atom. The minimum atomic E-state index is -0.127. The van der Waals surface area contributed by atoms with Gasteiger partial charge in [0.15, 0.2) is 5.82 Å². The molecule has 2 aliphatic heterocycles. The molecule has 0 spiro atoms. The van der Waals surface area contributed by atoms with Crippen molar-refractivity contribution in [2.24, 2.45) is 0 Å². The lowest BCUT2D eigenvalue weighted by Crippen LogP contribution is -2.56. The quantitative estimate of drug-likeness (QED) is 0.487. The molecular weight excluding hydrogens is 488 g/mol. The Hall–Kier alpha value is -3.65. The standard InChI is InChI=1S/C30H38N6O2.CH4/c1-21-18-22(2)29(32-24-11-14-34(15-12-24)27-10-7-13-31-33-27)23(3)28(21)30(38)35-16-17-36(26(19-35)20-37)25-8-5-4-6-9-25;/h4-10,13,18,24,26,32,37H,11-12,14-17,19-20H2,1-3H3;1H4/t26-;/m0./s1. The zero-order chi connectivity index (χ0) is 26.6. The summed E-state index contributed by atoms with van der Waals surface area (Å²) in [7, 11) is 0. The van der Waals surface area contributed by atoms with E-state index in [9.17, 15) is 9.90 Å². The van der Waals surface area contributed by atoms with Gasteiger partial charge >= 0.3 is 0 Å².